The average molecular weight is 489 g/mol. The minimum atomic E-state index is -4.55. The van der Waals surface area contributed by atoms with Crippen LogP contribution in [0.1, 0.15) is 44.3 Å². The van der Waals surface area contributed by atoms with E-state index in [1.807, 2.05) is 0 Å². The maximum Gasteiger partial charge on any atom is 0.459 e. The quantitative estimate of drug-likeness (QED) is 0.366. The zero-order chi connectivity index (χ0) is 26.6. The molecule has 10 nitrogen and oxygen atoms in total. The van der Waals surface area contributed by atoms with Gasteiger partial charge in [0.05, 0.1) is 21.5 Å². The van der Waals surface area contributed by atoms with Gasteiger partial charge in [-0.1, -0.05) is 25.1 Å². The summed E-state index contributed by atoms with van der Waals surface area (Å²) in [5.74, 6) is -2.01. The van der Waals surface area contributed by atoms with Gasteiger partial charge in [-0.15, -0.1) is 0 Å². The van der Waals surface area contributed by atoms with Crippen molar-refractivity contribution in [2.24, 2.45) is 5.92 Å². The van der Waals surface area contributed by atoms with Gasteiger partial charge in [0.25, 0.3) is 0 Å². The molecule has 1 N–H and O–H groups in total. The predicted molar refractivity (Wildman–Crippen MR) is 119 cm³/mol. The first kappa shape index (κ1) is 24.2. The van der Waals surface area contributed by atoms with Crippen molar-refractivity contribution in [3.63, 3.8) is 0 Å². The van der Waals surface area contributed by atoms with Crippen LogP contribution in [0.5, 0.6) is 5.75 Å². The molecule has 186 valence electrons. The molecule has 1 saturated heterocycles. The van der Waals surface area contributed by atoms with E-state index in [9.17, 15) is 14.2 Å². The highest BCUT2D eigenvalue weighted by Crippen LogP contribution is 2.47. The van der Waals surface area contributed by atoms with E-state index in [0.29, 0.717) is 0 Å². The van der Waals surface area contributed by atoms with Crippen molar-refractivity contribution in [3.8, 4) is 5.75 Å². The monoisotopic (exact) mass is 489 g/mol. The number of para-hydroxylation sites is 1. The highest BCUT2D eigenvalue weighted by molar-refractivity contribution is 7.52. The Hall–Kier alpha value is -1.97. The van der Waals surface area contributed by atoms with Gasteiger partial charge in [0.1, 0.15) is 11.8 Å². The average Bonchev–Trinajstić information content (AvgIpc) is 2.97. The van der Waals surface area contributed by atoms with Crippen LogP contribution < -0.4 is 9.61 Å². The fourth-order valence-electron chi connectivity index (χ4n) is 3.21. The van der Waals surface area contributed by atoms with E-state index in [2.05, 4.69) is 5.09 Å². The molecule has 0 spiro atoms. The third-order valence-corrected chi connectivity index (χ3v) is 6.49. The molecule has 1 heterocycles. The van der Waals surface area contributed by atoms with Crippen molar-refractivity contribution in [1.29, 1.82) is 0 Å². The van der Waals surface area contributed by atoms with E-state index in [1.165, 1.54) is 33.1 Å². The number of nitrogens with one attached hydrogen (secondary N) is 1. The molecule has 0 radical (unpaired) electrons. The number of carbonyl (C=O) groups is 2. The lowest BCUT2D eigenvalue weighted by Gasteiger charge is -2.32. The molecule has 33 heavy (non-hydrogen) atoms. The summed E-state index contributed by atoms with van der Waals surface area (Å²) >= 11 is 0. The number of rotatable bonds is 11. The lowest BCUT2D eigenvalue weighted by atomic mass is 9.88. The first-order valence-electron chi connectivity index (χ1n) is 11.5. The van der Waals surface area contributed by atoms with Gasteiger partial charge < -0.3 is 23.5 Å². The minimum absolute atomic E-state index is 0.114. The van der Waals surface area contributed by atoms with Gasteiger partial charge in [-0.2, -0.15) is 5.09 Å². The molecule has 1 fully saturated rings. The minimum Gasteiger partial charge on any atom is -0.462 e. The number of esters is 2. The van der Waals surface area contributed by atoms with E-state index in [0.717, 1.165) is 0 Å². The summed E-state index contributed by atoms with van der Waals surface area (Å²) in [5, 5.41) is 2.44. The van der Waals surface area contributed by atoms with Gasteiger partial charge in [0, 0.05) is 20.0 Å². The fourth-order valence-corrected chi connectivity index (χ4v) is 4.57. The molecule has 1 aromatic rings. The van der Waals surface area contributed by atoms with Crippen LogP contribution in [0.15, 0.2) is 30.3 Å². The Morgan fingerprint density at radius 3 is 2.45 bits per heavy atom. The van der Waals surface area contributed by atoms with Crippen molar-refractivity contribution < 1.29 is 44.9 Å². The van der Waals surface area contributed by atoms with Crippen molar-refractivity contribution in [1.82, 2.24) is 5.09 Å². The normalized spacial score (nSPS) is 28.9. The van der Waals surface area contributed by atoms with Crippen LogP contribution in [-0.2, 0) is 37.6 Å². The Balaban J connectivity index is 2.35. The molecule has 1 aliphatic heterocycles. The molecule has 6 atom stereocenters. The second-order valence-corrected chi connectivity index (χ2v) is 9.76. The van der Waals surface area contributed by atoms with Gasteiger partial charge in [-0.05, 0) is 39.8 Å². The summed E-state index contributed by atoms with van der Waals surface area (Å²) in [4.78, 5) is 24.0. The molecule has 0 saturated carbocycles. The molecule has 0 amide bonds. The molecular weight excluding hydrogens is 453 g/mol. The smallest absolute Gasteiger partial charge is 0.459 e. The Kier molecular flexibility index (Phi) is 8.38. The van der Waals surface area contributed by atoms with E-state index in [1.54, 1.807) is 45.9 Å². The Morgan fingerprint density at radius 2 is 1.91 bits per heavy atom. The number of hydrogen-bond donors (Lipinski definition) is 1. The second-order valence-electron chi connectivity index (χ2n) is 8.14. The zero-order valence-electron chi connectivity index (χ0n) is 21.9. The first-order chi connectivity index (χ1) is 16.1. The Bertz CT molecular complexity index is 933. The van der Waals surface area contributed by atoms with Gasteiger partial charge in [-0.3, -0.25) is 14.1 Å². The molecule has 11 heteroatoms. The number of hydrogen-bond acceptors (Lipinski definition) is 9. The molecular formula is C22H34NO9P. The maximum atomic E-state index is 13.8. The third kappa shape index (κ3) is 7.25. The fraction of sp³-hybridized carbons (Fsp3) is 0.636. The largest absolute Gasteiger partial charge is 0.462 e. The van der Waals surface area contributed by atoms with Gasteiger partial charge >= 0.3 is 19.7 Å². The second kappa shape index (κ2) is 11.4. The van der Waals surface area contributed by atoms with Crippen LogP contribution in [0, 0.1) is 5.92 Å². The summed E-state index contributed by atoms with van der Waals surface area (Å²) in [7, 11) is -3.22. The van der Waals surface area contributed by atoms with Crippen LogP contribution in [0.2, 0.25) is 0 Å². The van der Waals surface area contributed by atoms with E-state index in [4.69, 9.17) is 30.7 Å². The van der Waals surface area contributed by atoms with Crippen LogP contribution in [0.3, 0.4) is 0 Å². The summed E-state index contributed by atoms with van der Waals surface area (Å²) in [6.45, 7) is 6.31. The van der Waals surface area contributed by atoms with Gasteiger partial charge in [0.15, 0.2) is 11.9 Å². The van der Waals surface area contributed by atoms with E-state index in [-0.39, 0.29) is 5.75 Å². The summed E-state index contributed by atoms with van der Waals surface area (Å²) < 4.78 is 63.4. The Morgan fingerprint density at radius 1 is 1.27 bits per heavy atom. The van der Waals surface area contributed by atoms with Gasteiger partial charge in [-0.25, -0.2) is 4.57 Å². The zero-order valence-corrected chi connectivity index (χ0v) is 20.8. The SMILES string of the molecule is [2H]C([2H])(O[P@@](=O)(N[C@@H](C)C(=O)OC(C)C)Oc1ccccc1)[C@H]1O[C@H](OC)[C@](C)(OC(C)=O)[C@@H]1C. The van der Waals surface area contributed by atoms with Crippen LogP contribution in [-0.4, -0.2) is 55.7 Å². The van der Waals surface area contributed by atoms with Crippen molar-refractivity contribution >= 4 is 19.7 Å². The highest BCUT2D eigenvalue weighted by Gasteiger charge is 2.55. The van der Waals surface area contributed by atoms with E-state index >= 15 is 0 Å². The predicted octanol–water partition coefficient (Wildman–Crippen LogP) is 3.45. The summed E-state index contributed by atoms with van der Waals surface area (Å²) in [6, 6.07) is 6.79. The molecule has 0 aromatic heterocycles. The topological polar surface area (TPSA) is 119 Å². The first-order valence-corrected chi connectivity index (χ1v) is 12.1. The number of carbonyl (C=O) groups excluding carboxylic acids is 2. The van der Waals surface area contributed by atoms with Crippen molar-refractivity contribution in [3.05, 3.63) is 30.3 Å². The van der Waals surface area contributed by atoms with Crippen molar-refractivity contribution in [2.45, 2.75) is 71.7 Å². The number of methoxy groups -OCH3 is 1. The van der Waals surface area contributed by atoms with Crippen LogP contribution in [0.4, 0.5) is 0 Å². The van der Waals surface area contributed by atoms with Crippen LogP contribution in [0.25, 0.3) is 0 Å². The summed E-state index contributed by atoms with van der Waals surface area (Å²) in [5.41, 5.74) is -1.35. The number of benzene rings is 1. The molecule has 0 unspecified atom stereocenters. The maximum absolute atomic E-state index is 13.8. The van der Waals surface area contributed by atoms with Gasteiger partial charge in [0.2, 0.25) is 0 Å². The molecule has 1 aromatic carbocycles. The summed E-state index contributed by atoms with van der Waals surface area (Å²) in [6.07, 6.45) is -2.93. The van der Waals surface area contributed by atoms with Crippen LogP contribution >= 0.6 is 7.75 Å². The highest BCUT2D eigenvalue weighted by atomic mass is 31.2. The van der Waals surface area contributed by atoms with Crippen molar-refractivity contribution in [2.75, 3.05) is 13.7 Å². The third-order valence-electron chi connectivity index (χ3n) is 4.99. The molecule has 2 rings (SSSR count). The number of ether oxygens (including phenoxy) is 4. The standard InChI is InChI=1S/C22H34NO9P/c1-14(2)29-20(25)16(4)23-33(26,32-18-11-9-8-10-12-18)28-13-19-15(3)22(6,31-17(5)24)21(27-7)30-19/h8-12,14-16,19,21H,13H2,1-7H3,(H,23,26)/t15-,16+,19-,21+,22-,33+/m1/s1/i13D2. The Labute approximate surface area is 197 Å². The molecule has 0 bridgehead atoms. The lowest BCUT2D eigenvalue weighted by Crippen LogP contribution is -2.45. The molecule has 1 aliphatic rings. The van der Waals surface area contributed by atoms with E-state index < -0.39 is 62.3 Å². The lowest BCUT2D eigenvalue weighted by molar-refractivity contribution is -0.206. The molecule has 0 aliphatic carbocycles.